The van der Waals surface area contributed by atoms with Gasteiger partial charge in [-0.15, -0.1) is 0 Å². The van der Waals surface area contributed by atoms with Crippen LogP contribution in [-0.2, 0) is 0 Å². The van der Waals surface area contributed by atoms with Crippen LogP contribution in [0.1, 0.15) is 33.9 Å². The van der Waals surface area contributed by atoms with E-state index in [-0.39, 0.29) is 11.9 Å². The lowest BCUT2D eigenvalue weighted by Gasteiger charge is -2.19. The normalized spacial score (nSPS) is 11.9. The van der Waals surface area contributed by atoms with E-state index in [2.05, 4.69) is 5.32 Å². The number of carbonyl (C=O) groups is 1. The van der Waals surface area contributed by atoms with Crippen LogP contribution >= 0.6 is 0 Å². The third kappa shape index (κ3) is 3.83. The van der Waals surface area contributed by atoms with Crippen molar-refractivity contribution in [3.8, 4) is 0 Å². The van der Waals surface area contributed by atoms with Crippen molar-refractivity contribution in [2.75, 3.05) is 12.3 Å². The number of aryl methyl sites for hydroxylation is 1. The summed E-state index contributed by atoms with van der Waals surface area (Å²) in [5.74, 6) is -0.135. The van der Waals surface area contributed by atoms with Gasteiger partial charge >= 0.3 is 0 Å². The van der Waals surface area contributed by atoms with Crippen LogP contribution in [0.5, 0.6) is 0 Å². The summed E-state index contributed by atoms with van der Waals surface area (Å²) in [6, 6.07) is 15.1. The number of hydrogen-bond acceptors (Lipinski definition) is 3. The van der Waals surface area contributed by atoms with Crippen LogP contribution in [0.3, 0.4) is 0 Å². The van der Waals surface area contributed by atoms with Crippen molar-refractivity contribution in [1.82, 2.24) is 5.32 Å². The smallest absolute Gasteiger partial charge is 0.251 e. The fraction of sp³-hybridized carbons (Fsp3) is 0.235. The SMILES string of the molecule is Cc1ccc(C(=O)N[C@H](CCN)c2ccccc2)cc1N. The lowest BCUT2D eigenvalue weighted by atomic mass is 10.0. The van der Waals surface area contributed by atoms with Crippen molar-refractivity contribution in [3.05, 3.63) is 65.2 Å². The van der Waals surface area contributed by atoms with Crippen molar-refractivity contribution in [2.24, 2.45) is 5.73 Å². The number of rotatable bonds is 5. The molecule has 2 rings (SSSR count). The second-order valence-corrected chi connectivity index (χ2v) is 5.09. The van der Waals surface area contributed by atoms with Crippen LogP contribution in [0.4, 0.5) is 5.69 Å². The zero-order valence-corrected chi connectivity index (χ0v) is 12.2. The first-order valence-corrected chi connectivity index (χ1v) is 7.04. The van der Waals surface area contributed by atoms with Crippen molar-refractivity contribution >= 4 is 11.6 Å². The van der Waals surface area contributed by atoms with Crippen LogP contribution in [-0.4, -0.2) is 12.5 Å². The molecule has 0 aliphatic carbocycles. The Morgan fingerprint density at radius 3 is 2.52 bits per heavy atom. The lowest BCUT2D eigenvalue weighted by molar-refractivity contribution is 0.0935. The molecule has 4 nitrogen and oxygen atoms in total. The predicted molar refractivity (Wildman–Crippen MR) is 85.9 cm³/mol. The summed E-state index contributed by atoms with van der Waals surface area (Å²) in [4.78, 5) is 12.4. The van der Waals surface area contributed by atoms with Gasteiger partial charge in [-0.3, -0.25) is 4.79 Å². The highest BCUT2D eigenvalue weighted by atomic mass is 16.1. The number of nitrogens with one attached hydrogen (secondary N) is 1. The average Bonchev–Trinajstić information content (AvgIpc) is 2.50. The zero-order chi connectivity index (χ0) is 15.2. The Labute approximate surface area is 125 Å². The molecule has 0 fully saturated rings. The number of nitrogens with two attached hydrogens (primary N) is 2. The molecule has 110 valence electrons. The second-order valence-electron chi connectivity index (χ2n) is 5.09. The van der Waals surface area contributed by atoms with E-state index in [4.69, 9.17) is 11.5 Å². The van der Waals surface area contributed by atoms with E-state index in [0.717, 1.165) is 11.1 Å². The minimum atomic E-state index is -0.135. The molecule has 0 saturated heterocycles. The lowest BCUT2D eigenvalue weighted by Crippen LogP contribution is -2.30. The van der Waals surface area contributed by atoms with Gasteiger partial charge in [0.05, 0.1) is 6.04 Å². The van der Waals surface area contributed by atoms with Crippen LogP contribution in [0.25, 0.3) is 0 Å². The van der Waals surface area contributed by atoms with E-state index in [1.807, 2.05) is 43.3 Å². The molecular formula is C17H21N3O. The van der Waals surface area contributed by atoms with Crippen LogP contribution < -0.4 is 16.8 Å². The number of carbonyl (C=O) groups excluding carboxylic acids is 1. The summed E-state index contributed by atoms with van der Waals surface area (Å²) in [6.45, 7) is 2.42. The summed E-state index contributed by atoms with van der Waals surface area (Å²) in [6.07, 6.45) is 0.692. The largest absolute Gasteiger partial charge is 0.398 e. The van der Waals surface area contributed by atoms with Crippen molar-refractivity contribution < 1.29 is 4.79 Å². The number of hydrogen-bond donors (Lipinski definition) is 3. The predicted octanol–water partition coefficient (Wildman–Crippen LogP) is 2.40. The quantitative estimate of drug-likeness (QED) is 0.737. The molecule has 0 radical (unpaired) electrons. The van der Waals surface area contributed by atoms with Crippen molar-refractivity contribution in [3.63, 3.8) is 0 Å². The molecule has 1 amide bonds. The molecule has 0 aromatic heterocycles. The average molecular weight is 283 g/mol. The first kappa shape index (κ1) is 15.1. The van der Waals surface area contributed by atoms with Crippen LogP contribution in [0.2, 0.25) is 0 Å². The number of amides is 1. The molecule has 0 aliphatic heterocycles. The van der Waals surface area contributed by atoms with Gasteiger partial charge in [-0.2, -0.15) is 0 Å². The Morgan fingerprint density at radius 2 is 1.90 bits per heavy atom. The molecule has 0 unspecified atom stereocenters. The molecule has 21 heavy (non-hydrogen) atoms. The van der Waals surface area contributed by atoms with Gasteiger partial charge < -0.3 is 16.8 Å². The zero-order valence-electron chi connectivity index (χ0n) is 12.2. The van der Waals surface area contributed by atoms with E-state index < -0.39 is 0 Å². The van der Waals surface area contributed by atoms with E-state index in [9.17, 15) is 4.79 Å². The van der Waals surface area contributed by atoms with Gasteiger partial charge in [0.15, 0.2) is 0 Å². The monoisotopic (exact) mass is 283 g/mol. The molecule has 0 bridgehead atoms. The van der Waals surface area contributed by atoms with Gasteiger partial charge in [-0.25, -0.2) is 0 Å². The third-order valence-electron chi connectivity index (χ3n) is 3.50. The van der Waals surface area contributed by atoms with E-state index in [0.29, 0.717) is 24.2 Å². The summed E-state index contributed by atoms with van der Waals surface area (Å²) < 4.78 is 0. The van der Waals surface area contributed by atoms with Gasteiger partial charge in [0, 0.05) is 11.3 Å². The van der Waals surface area contributed by atoms with Gasteiger partial charge in [0.1, 0.15) is 0 Å². The summed E-state index contributed by atoms with van der Waals surface area (Å²) in [7, 11) is 0. The minimum absolute atomic E-state index is 0.0915. The molecule has 0 spiro atoms. The molecule has 4 heteroatoms. The Balaban J connectivity index is 2.16. The maximum absolute atomic E-state index is 12.4. The van der Waals surface area contributed by atoms with Crippen molar-refractivity contribution in [1.29, 1.82) is 0 Å². The van der Waals surface area contributed by atoms with Gasteiger partial charge in [-0.1, -0.05) is 36.4 Å². The highest BCUT2D eigenvalue weighted by Gasteiger charge is 2.15. The van der Waals surface area contributed by atoms with Crippen LogP contribution in [0, 0.1) is 6.92 Å². The first-order valence-electron chi connectivity index (χ1n) is 7.04. The Hall–Kier alpha value is -2.33. The van der Waals surface area contributed by atoms with Crippen molar-refractivity contribution in [2.45, 2.75) is 19.4 Å². The molecular weight excluding hydrogens is 262 g/mol. The molecule has 0 aliphatic rings. The summed E-state index contributed by atoms with van der Waals surface area (Å²) in [5, 5.41) is 3.02. The molecule has 0 saturated carbocycles. The maximum Gasteiger partial charge on any atom is 0.251 e. The summed E-state index contributed by atoms with van der Waals surface area (Å²) in [5.41, 5.74) is 14.7. The standard InChI is InChI=1S/C17H21N3O/c1-12-7-8-14(11-15(12)19)17(21)20-16(9-10-18)13-5-3-2-4-6-13/h2-8,11,16H,9-10,18-19H2,1H3,(H,20,21)/t16-/m1/s1. The molecule has 5 N–H and O–H groups in total. The second kappa shape index (κ2) is 6.90. The number of anilines is 1. The van der Waals surface area contributed by atoms with E-state index in [1.54, 1.807) is 12.1 Å². The van der Waals surface area contributed by atoms with E-state index in [1.165, 1.54) is 0 Å². The Kier molecular flexibility index (Phi) is 4.95. The Bertz CT molecular complexity index is 611. The highest BCUT2D eigenvalue weighted by molar-refractivity contribution is 5.95. The molecule has 2 aromatic carbocycles. The number of benzene rings is 2. The minimum Gasteiger partial charge on any atom is -0.398 e. The maximum atomic E-state index is 12.4. The Morgan fingerprint density at radius 1 is 1.19 bits per heavy atom. The highest BCUT2D eigenvalue weighted by Crippen LogP contribution is 2.18. The van der Waals surface area contributed by atoms with Gasteiger partial charge in [0.25, 0.3) is 5.91 Å². The molecule has 0 heterocycles. The fourth-order valence-electron chi connectivity index (χ4n) is 2.20. The first-order chi connectivity index (χ1) is 10.1. The number of nitrogen functional groups attached to an aromatic ring is 1. The van der Waals surface area contributed by atoms with Crippen LogP contribution in [0.15, 0.2) is 48.5 Å². The van der Waals surface area contributed by atoms with Gasteiger partial charge in [-0.05, 0) is 43.1 Å². The molecule has 1 atom stereocenters. The topological polar surface area (TPSA) is 81.1 Å². The third-order valence-corrected chi connectivity index (χ3v) is 3.50. The summed E-state index contributed by atoms with van der Waals surface area (Å²) >= 11 is 0. The van der Waals surface area contributed by atoms with E-state index >= 15 is 0 Å². The fourth-order valence-corrected chi connectivity index (χ4v) is 2.20. The molecule has 2 aromatic rings. The van der Waals surface area contributed by atoms with Gasteiger partial charge in [0.2, 0.25) is 0 Å².